The van der Waals surface area contributed by atoms with E-state index in [-0.39, 0.29) is 5.55 Å². The molecule has 22 heavy (non-hydrogen) atoms. The van der Waals surface area contributed by atoms with Gasteiger partial charge in [0.2, 0.25) is 5.69 Å². The Hall–Kier alpha value is -2.62. The van der Waals surface area contributed by atoms with Gasteiger partial charge in [-0.1, -0.05) is 60.7 Å². The SMILES string of the molecule is N=c1o[n-][n+](CCc2ccccc2)c1CCc1ccccc1. The predicted molar refractivity (Wildman–Crippen MR) is 82.1 cm³/mol. The van der Waals surface area contributed by atoms with Gasteiger partial charge in [-0.2, -0.15) is 0 Å². The molecule has 4 nitrogen and oxygen atoms in total. The Balaban J connectivity index is 1.67. The van der Waals surface area contributed by atoms with Gasteiger partial charge in [0.05, 0.1) is 0 Å². The summed E-state index contributed by atoms with van der Waals surface area (Å²) in [6.07, 6.45) is 2.54. The van der Waals surface area contributed by atoms with Crippen LogP contribution in [0.3, 0.4) is 0 Å². The van der Waals surface area contributed by atoms with Crippen molar-refractivity contribution >= 4 is 0 Å². The summed E-state index contributed by atoms with van der Waals surface area (Å²) in [6.45, 7) is 0.733. The lowest BCUT2D eigenvalue weighted by molar-refractivity contribution is -0.773. The van der Waals surface area contributed by atoms with Gasteiger partial charge in [-0.3, -0.25) is 10.7 Å². The standard InChI is InChI=1S/C18H19N3O/c19-18-17(12-11-15-7-3-1-4-8-15)21(20-22-18)14-13-16-9-5-2-6-10-16/h1-10,19H,11-14H2. The second-order valence-electron chi connectivity index (χ2n) is 5.29. The van der Waals surface area contributed by atoms with E-state index in [1.807, 2.05) is 41.1 Å². The van der Waals surface area contributed by atoms with E-state index in [1.165, 1.54) is 11.1 Å². The maximum absolute atomic E-state index is 7.89. The normalized spacial score (nSPS) is 10.7. The van der Waals surface area contributed by atoms with Crippen LogP contribution in [0.2, 0.25) is 0 Å². The van der Waals surface area contributed by atoms with E-state index < -0.39 is 0 Å². The highest BCUT2D eigenvalue weighted by Gasteiger charge is 2.12. The molecule has 4 heteroatoms. The van der Waals surface area contributed by atoms with Gasteiger partial charge in [0.25, 0.3) is 5.55 Å². The van der Waals surface area contributed by atoms with Gasteiger partial charge in [0.15, 0.2) is 0 Å². The van der Waals surface area contributed by atoms with E-state index in [1.54, 1.807) is 0 Å². The highest BCUT2D eigenvalue weighted by atomic mass is 16.5. The average Bonchev–Trinajstić information content (AvgIpc) is 2.93. The third-order valence-corrected chi connectivity index (χ3v) is 3.75. The lowest BCUT2D eigenvalue weighted by atomic mass is 10.1. The van der Waals surface area contributed by atoms with E-state index in [4.69, 9.17) is 9.93 Å². The topological polar surface area (TPSA) is 55.0 Å². The van der Waals surface area contributed by atoms with Gasteiger partial charge in [-0.25, -0.2) is 4.68 Å². The molecule has 1 heterocycles. The molecule has 0 radical (unpaired) electrons. The van der Waals surface area contributed by atoms with Gasteiger partial charge in [-0.15, -0.1) is 0 Å². The van der Waals surface area contributed by atoms with Gasteiger partial charge in [-0.05, 0) is 17.5 Å². The van der Waals surface area contributed by atoms with Gasteiger partial charge >= 0.3 is 0 Å². The molecule has 0 unspecified atom stereocenters. The third kappa shape index (κ3) is 3.52. The van der Waals surface area contributed by atoms with E-state index >= 15 is 0 Å². The molecule has 3 aromatic rings. The molecule has 0 atom stereocenters. The Kier molecular flexibility index (Phi) is 4.49. The number of aromatic nitrogens is 2. The van der Waals surface area contributed by atoms with Gasteiger partial charge < -0.3 is 4.52 Å². The van der Waals surface area contributed by atoms with Crippen LogP contribution in [0.1, 0.15) is 16.8 Å². The molecule has 1 N–H and O–H groups in total. The molecule has 0 aliphatic carbocycles. The Morgan fingerprint density at radius 2 is 1.41 bits per heavy atom. The lowest BCUT2D eigenvalue weighted by Gasteiger charge is -2.03. The fraction of sp³-hybridized carbons (Fsp3) is 0.222. The summed E-state index contributed by atoms with van der Waals surface area (Å²) in [5, 5.41) is 11.9. The molecule has 0 amide bonds. The second kappa shape index (κ2) is 6.89. The largest absolute Gasteiger partial charge is 0.487 e. The van der Waals surface area contributed by atoms with Crippen LogP contribution >= 0.6 is 0 Å². The summed E-state index contributed by atoms with van der Waals surface area (Å²) in [5.74, 6) is 0. The molecule has 0 spiro atoms. The Bertz CT molecular complexity index is 760. The Labute approximate surface area is 129 Å². The van der Waals surface area contributed by atoms with Crippen molar-refractivity contribution in [3.8, 4) is 0 Å². The second-order valence-corrected chi connectivity index (χ2v) is 5.29. The molecule has 2 aromatic carbocycles. The zero-order valence-corrected chi connectivity index (χ0v) is 12.4. The van der Waals surface area contributed by atoms with Crippen LogP contribution in [0.4, 0.5) is 0 Å². The maximum Gasteiger partial charge on any atom is 0.268 e. The average molecular weight is 293 g/mol. The van der Waals surface area contributed by atoms with Crippen molar-refractivity contribution in [1.82, 2.24) is 5.27 Å². The van der Waals surface area contributed by atoms with E-state index in [0.717, 1.165) is 31.5 Å². The molecule has 0 aliphatic heterocycles. The van der Waals surface area contributed by atoms with Crippen molar-refractivity contribution in [2.45, 2.75) is 25.8 Å². The van der Waals surface area contributed by atoms with Crippen LogP contribution in [0.15, 0.2) is 65.2 Å². The van der Waals surface area contributed by atoms with E-state index in [9.17, 15) is 0 Å². The molecule has 0 saturated heterocycles. The van der Waals surface area contributed by atoms with Crippen LogP contribution < -0.4 is 15.5 Å². The number of rotatable bonds is 6. The number of nitrogens with zero attached hydrogens (tertiary/aromatic N) is 2. The van der Waals surface area contributed by atoms with Crippen molar-refractivity contribution in [3.05, 3.63) is 83.0 Å². The van der Waals surface area contributed by atoms with Crippen molar-refractivity contribution in [1.29, 1.82) is 5.41 Å². The van der Waals surface area contributed by atoms with Crippen LogP contribution in [-0.2, 0) is 25.8 Å². The highest BCUT2D eigenvalue weighted by Crippen LogP contribution is 2.03. The zero-order valence-electron chi connectivity index (χ0n) is 12.4. The number of benzene rings is 2. The number of nitrogens with one attached hydrogen (secondary N) is 1. The molecule has 112 valence electrons. The minimum absolute atomic E-state index is 0.170. The fourth-order valence-electron chi connectivity index (χ4n) is 2.51. The van der Waals surface area contributed by atoms with Crippen molar-refractivity contribution in [3.63, 3.8) is 0 Å². The summed E-state index contributed by atoms with van der Waals surface area (Å²) >= 11 is 0. The number of hydrogen-bond donors (Lipinski definition) is 1. The highest BCUT2D eigenvalue weighted by molar-refractivity contribution is 5.15. The first-order chi connectivity index (χ1) is 10.8. The fourth-order valence-corrected chi connectivity index (χ4v) is 2.51. The van der Waals surface area contributed by atoms with Gasteiger partial charge in [0.1, 0.15) is 6.54 Å². The Morgan fingerprint density at radius 3 is 2.05 bits per heavy atom. The molecular weight excluding hydrogens is 274 g/mol. The summed E-state index contributed by atoms with van der Waals surface area (Å²) in [6, 6.07) is 20.6. The number of aryl methyl sites for hydroxylation is 3. The Morgan fingerprint density at radius 1 is 0.818 bits per heavy atom. The molecule has 0 saturated carbocycles. The molecular formula is C18H19N3O. The van der Waals surface area contributed by atoms with E-state index in [2.05, 4.69) is 29.5 Å². The lowest BCUT2D eigenvalue weighted by Crippen LogP contribution is -2.43. The summed E-state index contributed by atoms with van der Waals surface area (Å²) < 4.78 is 6.87. The van der Waals surface area contributed by atoms with E-state index in [0.29, 0.717) is 0 Å². The van der Waals surface area contributed by atoms with Crippen LogP contribution in [0.5, 0.6) is 0 Å². The van der Waals surface area contributed by atoms with Crippen molar-refractivity contribution < 1.29 is 9.20 Å². The van der Waals surface area contributed by atoms with Crippen molar-refractivity contribution in [2.24, 2.45) is 0 Å². The quantitative estimate of drug-likeness (QED) is 0.707. The van der Waals surface area contributed by atoms with Crippen LogP contribution in [0, 0.1) is 5.41 Å². The summed E-state index contributed by atoms with van der Waals surface area (Å²) in [5.41, 5.74) is 3.56. The monoisotopic (exact) mass is 293 g/mol. The third-order valence-electron chi connectivity index (χ3n) is 3.75. The first-order valence-electron chi connectivity index (χ1n) is 7.51. The first-order valence-corrected chi connectivity index (χ1v) is 7.51. The smallest absolute Gasteiger partial charge is 0.268 e. The molecule has 0 aliphatic rings. The minimum atomic E-state index is 0.170. The molecule has 0 bridgehead atoms. The van der Waals surface area contributed by atoms with Crippen LogP contribution in [0.25, 0.3) is 0 Å². The maximum atomic E-state index is 7.89. The zero-order chi connectivity index (χ0) is 15.2. The summed E-state index contributed by atoms with van der Waals surface area (Å²) in [7, 11) is 0. The predicted octanol–water partition coefficient (Wildman–Crippen LogP) is 2.03. The number of hydrogen-bond acceptors (Lipinski definition) is 2. The first kappa shape index (κ1) is 14.3. The molecule has 1 aromatic heterocycles. The summed E-state index contributed by atoms with van der Waals surface area (Å²) in [4.78, 5) is 0. The molecule has 3 rings (SSSR count). The minimum Gasteiger partial charge on any atom is -0.487 e. The van der Waals surface area contributed by atoms with Gasteiger partial charge in [0, 0.05) is 12.8 Å². The van der Waals surface area contributed by atoms with Crippen LogP contribution in [-0.4, -0.2) is 0 Å². The molecule has 0 fully saturated rings. The van der Waals surface area contributed by atoms with Crippen molar-refractivity contribution in [2.75, 3.05) is 0 Å².